The number of nitrogens with zero attached hydrogens (tertiary/aromatic N) is 3. The molecule has 1 aromatic carbocycles. The summed E-state index contributed by atoms with van der Waals surface area (Å²) in [6, 6.07) is 5.23. The number of ether oxygens (including phenoxy) is 2. The zero-order valence-electron chi connectivity index (χ0n) is 12.1. The Kier molecular flexibility index (Phi) is 4.53. The Labute approximate surface area is 132 Å². The zero-order valence-corrected chi connectivity index (χ0v) is 12.8. The van der Waals surface area contributed by atoms with Gasteiger partial charge in [0.05, 0.1) is 24.4 Å². The second kappa shape index (κ2) is 6.37. The van der Waals surface area contributed by atoms with Crippen molar-refractivity contribution < 1.29 is 9.47 Å². The molecule has 0 fully saturated rings. The third kappa shape index (κ3) is 2.82. The van der Waals surface area contributed by atoms with Gasteiger partial charge in [0.2, 0.25) is 5.95 Å². The molecular formula is C14H14ClN5O2. The van der Waals surface area contributed by atoms with E-state index < -0.39 is 0 Å². The largest absolute Gasteiger partial charge is 0.493 e. The molecule has 0 aliphatic heterocycles. The fraction of sp³-hybridized carbons (Fsp3) is 0.214. The fourth-order valence-corrected chi connectivity index (χ4v) is 2.22. The first-order valence-electron chi connectivity index (χ1n) is 6.35. The van der Waals surface area contributed by atoms with Crippen LogP contribution in [0.5, 0.6) is 11.5 Å². The lowest BCUT2D eigenvalue weighted by molar-refractivity contribution is 0.311. The van der Waals surface area contributed by atoms with Crippen LogP contribution in [0.15, 0.2) is 12.1 Å². The maximum absolute atomic E-state index is 9.25. The molecule has 0 radical (unpaired) electrons. The van der Waals surface area contributed by atoms with Gasteiger partial charge in [0.25, 0.3) is 0 Å². The minimum Gasteiger partial charge on any atom is -0.493 e. The molecule has 2 aromatic rings. The number of nitrogen functional groups attached to an aromatic ring is 2. The van der Waals surface area contributed by atoms with E-state index in [-0.39, 0.29) is 23.0 Å². The van der Waals surface area contributed by atoms with Crippen LogP contribution < -0.4 is 20.9 Å². The zero-order chi connectivity index (χ0) is 16.3. The number of rotatable bonds is 4. The van der Waals surface area contributed by atoms with Crippen molar-refractivity contribution >= 4 is 23.4 Å². The number of hydrogen-bond acceptors (Lipinski definition) is 7. The summed E-state index contributed by atoms with van der Waals surface area (Å²) >= 11 is 6.22. The van der Waals surface area contributed by atoms with Gasteiger partial charge in [0, 0.05) is 5.56 Å². The second-order valence-corrected chi connectivity index (χ2v) is 4.63. The Hall–Kier alpha value is -2.72. The number of hydrogen-bond donors (Lipinski definition) is 2. The van der Waals surface area contributed by atoms with E-state index in [1.807, 2.05) is 13.0 Å². The van der Waals surface area contributed by atoms with Crippen molar-refractivity contribution in [2.75, 3.05) is 25.2 Å². The van der Waals surface area contributed by atoms with Crippen molar-refractivity contribution in [2.24, 2.45) is 0 Å². The first kappa shape index (κ1) is 15.7. The highest BCUT2D eigenvalue weighted by molar-refractivity contribution is 6.32. The smallest absolute Gasteiger partial charge is 0.222 e. The number of nitrogens with two attached hydrogens (primary N) is 2. The summed E-state index contributed by atoms with van der Waals surface area (Å²) in [5.74, 6) is 0.817. The average Bonchev–Trinajstić information content (AvgIpc) is 2.48. The molecule has 0 aliphatic rings. The molecule has 2 rings (SSSR count). The Morgan fingerprint density at radius 1 is 1.32 bits per heavy atom. The molecular weight excluding hydrogens is 306 g/mol. The van der Waals surface area contributed by atoms with Crippen LogP contribution in [-0.4, -0.2) is 23.7 Å². The molecule has 114 valence electrons. The van der Waals surface area contributed by atoms with Crippen LogP contribution in [0.2, 0.25) is 5.02 Å². The number of nitriles is 1. The van der Waals surface area contributed by atoms with E-state index in [1.165, 1.54) is 7.11 Å². The van der Waals surface area contributed by atoms with Gasteiger partial charge in [-0.05, 0) is 19.1 Å². The van der Waals surface area contributed by atoms with Crippen LogP contribution in [0.4, 0.5) is 11.8 Å². The summed E-state index contributed by atoms with van der Waals surface area (Å²) in [5, 5.41) is 9.58. The van der Waals surface area contributed by atoms with Crippen molar-refractivity contribution in [3.63, 3.8) is 0 Å². The van der Waals surface area contributed by atoms with Gasteiger partial charge in [-0.2, -0.15) is 10.2 Å². The highest BCUT2D eigenvalue weighted by atomic mass is 35.5. The summed E-state index contributed by atoms with van der Waals surface area (Å²) in [4.78, 5) is 7.85. The molecule has 0 atom stereocenters. The molecule has 8 heteroatoms. The van der Waals surface area contributed by atoms with Crippen LogP contribution in [0.25, 0.3) is 11.3 Å². The molecule has 0 aliphatic carbocycles. The lowest BCUT2D eigenvalue weighted by atomic mass is 10.1. The van der Waals surface area contributed by atoms with E-state index in [0.717, 1.165) is 0 Å². The highest BCUT2D eigenvalue weighted by Crippen LogP contribution is 2.40. The molecule has 0 amide bonds. The Morgan fingerprint density at radius 3 is 2.64 bits per heavy atom. The molecule has 0 saturated heterocycles. The monoisotopic (exact) mass is 319 g/mol. The third-order valence-electron chi connectivity index (χ3n) is 2.86. The third-order valence-corrected chi connectivity index (χ3v) is 3.14. The fourth-order valence-electron chi connectivity index (χ4n) is 1.96. The Morgan fingerprint density at radius 2 is 2.05 bits per heavy atom. The van der Waals surface area contributed by atoms with Gasteiger partial charge >= 0.3 is 0 Å². The molecule has 1 heterocycles. The summed E-state index contributed by atoms with van der Waals surface area (Å²) in [5.41, 5.74) is 12.3. The van der Waals surface area contributed by atoms with Crippen molar-refractivity contribution in [3.05, 3.63) is 22.7 Å². The van der Waals surface area contributed by atoms with Crippen molar-refractivity contribution in [1.82, 2.24) is 9.97 Å². The summed E-state index contributed by atoms with van der Waals surface area (Å²) in [7, 11) is 1.49. The molecule has 22 heavy (non-hydrogen) atoms. The molecule has 7 nitrogen and oxygen atoms in total. The SMILES string of the molecule is CCOc1c(Cl)cc(-c2nc(N)nc(N)c2C#N)cc1OC. The Balaban J connectivity index is 2.69. The molecule has 1 aromatic heterocycles. The van der Waals surface area contributed by atoms with Gasteiger partial charge in [-0.3, -0.25) is 0 Å². The van der Waals surface area contributed by atoms with Gasteiger partial charge in [-0.15, -0.1) is 0 Å². The maximum atomic E-state index is 9.25. The summed E-state index contributed by atoms with van der Waals surface area (Å²) in [6.07, 6.45) is 0. The normalized spacial score (nSPS) is 10.1. The molecule has 0 spiro atoms. The first-order chi connectivity index (χ1) is 10.5. The second-order valence-electron chi connectivity index (χ2n) is 4.22. The number of anilines is 2. The molecule has 0 unspecified atom stereocenters. The van der Waals surface area contributed by atoms with Crippen LogP contribution >= 0.6 is 11.6 Å². The first-order valence-corrected chi connectivity index (χ1v) is 6.73. The van der Waals surface area contributed by atoms with Crippen LogP contribution in [0, 0.1) is 11.3 Å². The van der Waals surface area contributed by atoms with Crippen LogP contribution in [-0.2, 0) is 0 Å². The number of aromatic nitrogens is 2. The van der Waals surface area contributed by atoms with E-state index in [9.17, 15) is 5.26 Å². The van der Waals surface area contributed by atoms with E-state index in [4.69, 9.17) is 32.5 Å². The Bertz CT molecular complexity index is 758. The van der Waals surface area contributed by atoms with Gasteiger partial charge in [-0.1, -0.05) is 11.6 Å². The van der Waals surface area contributed by atoms with Crippen molar-refractivity contribution in [3.8, 4) is 28.8 Å². The maximum Gasteiger partial charge on any atom is 0.222 e. The van der Waals surface area contributed by atoms with Gasteiger partial charge in [0.1, 0.15) is 17.5 Å². The standard InChI is InChI=1S/C14H14ClN5O2/c1-3-22-12-9(15)4-7(5-10(12)21-2)11-8(6-16)13(17)20-14(18)19-11/h4-5H,3H2,1-2H3,(H4,17,18,19,20). The average molecular weight is 320 g/mol. The number of methoxy groups -OCH3 is 1. The topological polar surface area (TPSA) is 120 Å². The quantitative estimate of drug-likeness (QED) is 0.886. The van der Waals surface area contributed by atoms with E-state index in [1.54, 1.807) is 12.1 Å². The van der Waals surface area contributed by atoms with Crippen LogP contribution in [0.1, 0.15) is 12.5 Å². The lowest BCUT2D eigenvalue weighted by Crippen LogP contribution is -2.05. The number of benzene rings is 1. The van der Waals surface area contributed by atoms with E-state index in [0.29, 0.717) is 28.7 Å². The predicted molar refractivity (Wildman–Crippen MR) is 83.7 cm³/mol. The van der Waals surface area contributed by atoms with Gasteiger partial charge < -0.3 is 20.9 Å². The minimum absolute atomic E-state index is 0.00831. The minimum atomic E-state index is -0.0320. The van der Waals surface area contributed by atoms with Gasteiger partial charge in [0.15, 0.2) is 11.5 Å². The molecule has 0 saturated carbocycles. The van der Waals surface area contributed by atoms with Gasteiger partial charge in [-0.25, -0.2) is 4.98 Å². The highest BCUT2D eigenvalue weighted by Gasteiger charge is 2.18. The molecule has 4 N–H and O–H groups in total. The lowest BCUT2D eigenvalue weighted by Gasteiger charge is -2.14. The van der Waals surface area contributed by atoms with E-state index in [2.05, 4.69) is 9.97 Å². The predicted octanol–water partition coefficient (Wildman–Crippen LogP) is 2.24. The molecule has 0 bridgehead atoms. The summed E-state index contributed by atoms with van der Waals surface area (Å²) in [6.45, 7) is 2.27. The van der Waals surface area contributed by atoms with Crippen LogP contribution in [0.3, 0.4) is 0 Å². The number of halogens is 1. The summed E-state index contributed by atoms with van der Waals surface area (Å²) < 4.78 is 10.7. The van der Waals surface area contributed by atoms with E-state index >= 15 is 0 Å². The van der Waals surface area contributed by atoms with Crippen molar-refractivity contribution in [2.45, 2.75) is 6.92 Å². The van der Waals surface area contributed by atoms with Crippen molar-refractivity contribution in [1.29, 1.82) is 5.26 Å².